The molecule has 1 aromatic rings. The number of piperidine rings is 2. The van der Waals surface area contributed by atoms with Gasteiger partial charge in [-0.05, 0) is 63.4 Å². The average Bonchev–Trinajstić information content (AvgIpc) is 2.61. The summed E-state index contributed by atoms with van der Waals surface area (Å²) in [5.74, 6) is 0.491. The van der Waals surface area contributed by atoms with E-state index in [1.165, 1.54) is 12.8 Å². The number of ether oxygens (including phenoxy) is 1. The summed E-state index contributed by atoms with van der Waals surface area (Å²) in [7, 11) is 0. The van der Waals surface area contributed by atoms with Crippen LogP contribution in [0, 0.1) is 0 Å². The number of likely N-dealkylation sites (tertiary alicyclic amines) is 2. The molecule has 2 aliphatic heterocycles. The first-order valence-electron chi connectivity index (χ1n) is 9.35. The van der Waals surface area contributed by atoms with Crippen LogP contribution in [-0.2, 0) is 6.54 Å². The number of nitrogens with zero attached hydrogens (tertiary/aromatic N) is 2. The predicted octanol–water partition coefficient (Wildman–Crippen LogP) is 2.87. The van der Waals surface area contributed by atoms with Gasteiger partial charge in [-0.1, -0.05) is 11.6 Å². The van der Waals surface area contributed by atoms with Gasteiger partial charge in [-0.15, -0.1) is 0 Å². The predicted molar refractivity (Wildman–Crippen MR) is 99.4 cm³/mol. The molecule has 0 saturated carbocycles. The summed E-state index contributed by atoms with van der Waals surface area (Å²) < 4.78 is 5.47. The zero-order valence-corrected chi connectivity index (χ0v) is 15.7. The lowest BCUT2D eigenvalue weighted by molar-refractivity contribution is 0.0375. The summed E-state index contributed by atoms with van der Waals surface area (Å²) in [4.78, 5) is 4.99. The van der Waals surface area contributed by atoms with E-state index in [9.17, 15) is 10.2 Å². The normalized spacial score (nSPS) is 21.6. The smallest absolute Gasteiger partial charge is 0.176 e. The van der Waals surface area contributed by atoms with Crippen LogP contribution in [0.5, 0.6) is 11.5 Å². The first-order chi connectivity index (χ1) is 12.1. The molecule has 25 heavy (non-hydrogen) atoms. The standard InChI is InChI=1S/C19H29ClN2O3/c1-2-25-18-12-14(11-17(20)19(18)24)13-21-7-3-15(4-8-21)22-9-5-16(23)6-10-22/h11-12,15-16,23-24H,2-10,13H2,1H3. The van der Waals surface area contributed by atoms with Gasteiger partial charge in [0.05, 0.1) is 17.7 Å². The van der Waals surface area contributed by atoms with Gasteiger partial charge in [0.25, 0.3) is 0 Å². The number of hydrogen-bond acceptors (Lipinski definition) is 5. The first-order valence-corrected chi connectivity index (χ1v) is 9.73. The summed E-state index contributed by atoms with van der Waals surface area (Å²) in [6.07, 6.45) is 4.05. The van der Waals surface area contributed by atoms with Crippen LogP contribution in [0.15, 0.2) is 12.1 Å². The lowest BCUT2D eigenvalue weighted by Crippen LogP contribution is -2.48. The fourth-order valence-electron chi connectivity index (χ4n) is 3.94. The SMILES string of the molecule is CCOc1cc(CN2CCC(N3CCC(O)CC3)CC2)cc(Cl)c1O. The Hall–Kier alpha value is -1.01. The van der Waals surface area contributed by atoms with E-state index in [4.69, 9.17) is 16.3 Å². The highest BCUT2D eigenvalue weighted by atomic mass is 35.5. The summed E-state index contributed by atoms with van der Waals surface area (Å²) in [5.41, 5.74) is 1.07. The monoisotopic (exact) mass is 368 g/mol. The Balaban J connectivity index is 1.54. The molecule has 0 spiro atoms. The van der Waals surface area contributed by atoms with Crippen LogP contribution in [0.2, 0.25) is 5.02 Å². The Labute approximate surface area is 155 Å². The van der Waals surface area contributed by atoms with Gasteiger partial charge >= 0.3 is 0 Å². The van der Waals surface area contributed by atoms with Crippen molar-refractivity contribution in [1.82, 2.24) is 9.80 Å². The van der Waals surface area contributed by atoms with Gasteiger partial charge in [0.1, 0.15) is 0 Å². The van der Waals surface area contributed by atoms with Gasteiger partial charge in [0.15, 0.2) is 11.5 Å². The van der Waals surface area contributed by atoms with Crippen molar-refractivity contribution in [2.75, 3.05) is 32.8 Å². The van der Waals surface area contributed by atoms with E-state index in [2.05, 4.69) is 9.80 Å². The molecule has 3 rings (SSSR count). The topological polar surface area (TPSA) is 56.2 Å². The van der Waals surface area contributed by atoms with Crippen molar-refractivity contribution in [2.45, 2.75) is 51.3 Å². The molecule has 0 aliphatic carbocycles. The minimum Gasteiger partial charge on any atom is -0.503 e. The molecule has 2 heterocycles. The van der Waals surface area contributed by atoms with Crippen LogP contribution in [-0.4, -0.2) is 64.9 Å². The fourth-order valence-corrected chi connectivity index (χ4v) is 4.17. The maximum Gasteiger partial charge on any atom is 0.176 e. The van der Waals surface area contributed by atoms with Crippen molar-refractivity contribution < 1.29 is 14.9 Å². The lowest BCUT2D eigenvalue weighted by atomic mass is 9.98. The quantitative estimate of drug-likeness (QED) is 0.837. The number of aliphatic hydroxyl groups is 1. The Morgan fingerprint density at radius 2 is 1.80 bits per heavy atom. The molecule has 0 amide bonds. The van der Waals surface area contributed by atoms with Crippen molar-refractivity contribution in [3.8, 4) is 11.5 Å². The summed E-state index contributed by atoms with van der Waals surface area (Å²) in [6.45, 7) is 7.39. The Bertz CT molecular complexity index is 568. The molecule has 0 bridgehead atoms. The number of halogens is 1. The van der Waals surface area contributed by atoms with Crippen molar-refractivity contribution in [3.63, 3.8) is 0 Å². The average molecular weight is 369 g/mol. The highest BCUT2D eigenvalue weighted by Gasteiger charge is 2.27. The first kappa shape index (κ1) is 18.8. The highest BCUT2D eigenvalue weighted by molar-refractivity contribution is 6.32. The van der Waals surface area contributed by atoms with Crippen LogP contribution in [0.1, 0.15) is 38.2 Å². The number of aromatic hydroxyl groups is 1. The number of rotatable bonds is 5. The highest BCUT2D eigenvalue weighted by Crippen LogP contribution is 2.35. The molecule has 2 saturated heterocycles. The van der Waals surface area contributed by atoms with E-state index in [1.54, 1.807) is 0 Å². The van der Waals surface area contributed by atoms with E-state index in [0.29, 0.717) is 23.4 Å². The second-order valence-electron chi connectivity index (χ2n) is 7.13. The molecule has 2 aliphatic rings. The number of aliphatic hydroxyl groups excluding tert-OH is 1. The second-order valence-corrected chi connectivity index (χ2v) is 7.54. The van der Waals surface area contributed by atoms with Crippen molar-refractivity contribution in [1.29, 1.82) is 0 Å². The van der Waals surface area contributed by atoms with Gasteiger partial charge in [0.2, 0.25) is 0 Å². The molecule has 0 atom stereocenters. The van der Waals surface area contributed by atoms with Crippen molar-refractivity contribution in [3.05, 3.63) is 22.7 Å². The molecular weight excluding hydrogens is 340 g/mol. The Morgan fingerprint density at radius 3 is 2.44 bits per heavy atom. The van der Waals surface area contributed by atoms with Crippen molar-refractivity contribution >= 4 is 11.6 Å². The molecule has 140 valence electrons. The van der Waals surface area contributed by atoms with Crippen LogP contribution in [0.25, 0.3) is 0 Å². The minimum atomic E-state index is -0.102. The molecule has 6 heteroatoms. The van der Waals surface area contributed by atoms with Crippen LogP contribution >= 0.6 is 11.6 Å². The molecule has 0 radical (unpaired) electrons. The van der Waals surface area contributed by atoms with Crippen molar-refractivity contribution in [2.24, 2.45) is 0 Å². The maximum atomic E-state index is 9.96. The molecule has 0 unspecified atom stereocenters. The van der Waals surface area contributed by atoms with Gasteiger partial charge < -0.3 is 19.8 Å². The fraction of sp³-hybridized carbons (Fsp3) is 0.684. The van der Waals surface area contributed by atoms with Crippen LogP contribution < -0.4 is 4.74 Å². The minimum absolute atomic E-state index is 0.0262. The van der Waals surface area contributed by atoms with E-state index in [-0.39, 0.29) is 11.9 Å². The third kappa shape index (κ3) is 4.79. The van der Waals surface area contributed by atoms with Gasteiger partial charge in [-0.25, -0.2) is 0 Å². The molecule has 0 aromatic heterocycles. The van der Waals surface area contributed by atoms with Gasteiger partial charge in [-0.3, -0.25) is 4.90 Å². The summed E-state index contributed by atoms with van der Waals surface area (Å²) >= 11 is 6.13. The zero-order valence-electron chi connectivity index (χ0n) is 15.0. The van der Waals surface area contributed by atoms with E-state index < -0.39 is 0 Å². The van der Waals surface area contributed by atoms with Crippen LogP contribution in [0.4, 0.5) is 0 Å². The summed E-state index contributed by atoms with van der Waals surface area (Å²) in [5, 5.41) is 20.0. The molecule has 2 fully saturated rings. The van der Waals surface area contributed by atoms with Crippen LogP contribution in [0.3, 0.4) is 0 Å². The number of benzene rings is 1. The molecule has 2 N–H and O–H groups in total. The lowest BCUT2D eigenvalue weighted by Gasteiger charge is -2.41. The van der Waals surface area contributed by atoms with E-state index >= 15 is 0 Å². The Morgan fingerprint density at radius 1 is 1.12 bits per heavy atom. The van der Waals surface area contributed by atoms with E-state index in [1.807, 2.05) is 19.1 Å². The number of hydrogen-bond donors (Lipinski definition) is 2. The second kappa shape index (κ2) is 8.58. The molecular formula is C19H29ClN2O3. The molecule has 1 aromatic carbocycles. The zero-order chi connectivity index (χ0) is 17.8. The Kier molecular flexibility index (Phi) is 6.44. The number of phenolic OH excluding ortho intramolecular Hbond substituents is 1. The third-order valence-corrected chi connectivity index (χ3v) is 5.65. The molecule has 5 nitrogen and oxygen atoms in total. The van der Waals surface area contributed by atoms with Gasteiger partial charge in [0, 0.05) is 25.7 Å². The van der Waals surface area contributed by atoms with Gasteiger partial charge in [-0.2, -0.15) is 0 Å². The maximum absolute atomic E-state index is 9.96. The van der Waals surface area contributed by atoms with E-state index in [0.717, 1.165) is 51.1 Å². The largest absolute Gasteiger partial charge is 0.503 e. The number of phenols is 1. The third-order valence-electron chi connectivity index (χ3n) is 5.37. The summed E-state index contributed by atoms with van der Waals surface area (Å²) in [6, 6.07) is 4.37.